The largest absolute Gasteiger partial charge is 0.367 e. The van der Waals surface area contributed by atoms with Crippen LogP contribution in [0.3, 0.4) is 0 Å². The van der Waals surface area contributed by atoms with E-state index in [9.17, 15) is 4.79 Å². The van der Waals surface area contributed by atoms with Crippen molar-refractivity contribution in [1.82, 2.24) is 10.3 Å². The Hall–Kier alpha value is -1.78. The van der Waals surface area contributed by atoms with Gasteiger partial charge in [-0.1, -0.05) is 18.2 Å². The Balaban J connectivity index is 1.91. The molecule has 1 aromatic heterocycles. The zero-order valence-corrected chi connectivity index (χ0v) is 9.93. The summed E-state index contributed by atoms with van der Waals surface area (Å²) in [6, 6.07) is 9.46. The highest BCUT2D eigenvalue weighted by molar-refractivity contribution is 6.02. The number of nitrogens with one attached hydrogen (secondary N) is 1. The SMILES string of the molecule is O=C(c1ccc2cccnc2c1)C1CNCCO1. The predicted octanol–water partition coefficient (Wildman–Crippen LogP) is 1.41. The molecule has 4 nitrogen and oxygen atoms in total. The van der Waals surface area contributed by atoms with E-state index >= 15 is 0 Å². The number of nitrogens with zero attached hydrogens (tertiary/aromatic N) is 1. The molecule has 1 unspecified atom stereocenters. The fourth-order valence-corrected chi connectivity index (χ4v) is 2.14. The number of aromatic nitrogens is 1. The lowest BCUT2D eigenvalue weighted by atomic mass is 10.0. The Morgan fingerprint density at radius 2 is 2.33 bits per heavy atom. The summed E-state index contributed by atoms with van der Waals surface area (Å²) in [5.74, 6) is 0.0229. The smallest absolute Gasteiger partial charge is 0.192 e. The zero-order valence-electron chi connectivity index (χ0n) is 9.93. The van der Waals surface area contributed by atoms with Crippen molar-refractivity contribution in [2.24, 2.45) is 0 Å². The van der Waals surface area contributed by atoms with E-state index in [4.69, 9.17) is 4.74 Å². The minimum absolute atomic E-state index is 0.0229. The number of benzene rings is 1. The molecule has 2 aromatic rings. The van der Waals surface area contributed by atoms with Crippen LogP contribution in [-0.2, 0) is 4.74 Å². The van der Waals surface area contributed by atoms with Crippen molar-refractivity contribution in [3.63, 3.8) is 0 Å². The number of morpholine rings is 1. The third-order valence-corrected chi connectivity index (χ3v) is 3.11. The molecular formula is C14H14N2O2. The lowest BCUT2D eigenvalue weighted by Crippen LogP contribution is -2.43. The van der Waals surface area contributed by atoms with Crippen molar-refractivity contribution < 1.29 is 9.53 Å². The van der Waals surface area contributed by atoms with Crippen LogP contribution >= 0.6 is 0 Å². The highest BCUT2D eigenvalue weighted by Crippen LogP contribution is 2.15. The maximum Gasteiger partial charge on any atom is 0.192 e. The molecule has 1 N–H and O–H groups in total. The topological polar surface area (TPSA) is 51.2 Å². The molecule has 0 bridgehead atoms. The molecule has 92 valence electrons. The third-order valence-electron chi connectivity index (χ3n) is 3.11. The van der Waals surface area contributed by atoms with Crippen LogP contribution in [0.4, 0.5) is 0 Å². The molecule has 0 aliphatic carbocycles. The molecule has 3 rings (SSSR count). The van der Waals surface area contributed by atoms with Crippen molar-refractivity contribution >= 4 is 16.7 Å². The molecular weight excluding hydrogens is 228 g/mol. The van der Waals surface area contributed by atoms with Gasteiger partial charge in [0.2, 0.25) is 0 Å². The summed E-state index contributed by atoms with van der Waals surface area (Å²) in [4.78, 5) is 16.5. The lowest BCUT2D eigenvalue weighted by molar-refractivity contribution is 0.0269. The number of hydrogen-bond acceptors (Lipinski definition) is 4. The molecule has 1 aromatic carbocycles. The third kappa shape index (κ3) is 2.12. The Labute approximate surface area is 105 Å². The molecule has 1 fully saturated rings. The minimum Gasteiger partial charge on any atom is -0.367 e. The van der Waals surface area contributed by atoms with E-state index in [0.717, 1.165) is 17.4 Å². The van der Waals surface area contributed by atoms with Crippen LogP contribution in [0, 0.1) is 0 Å². The monoisotopic (exact) mass is 242 g/mol. The van der Waals surface area contributed by atoms with Gasteiger partial charge in [0.25, 0.3) is 0 Å². The van der Waals surface area contributed by atoms with Crippen molar-refractivity contribution in [2.45, 2.75) is 6.10 Å². The van der Waals surface area contributed by atoms with Gasteiger partial charge >= 0.3 is 0 Å². The van der Waals surface area contributed by atoms with Gasteiger partial charge in [0.1, 0.15) is 6.10 Å². The molecule has 0 radical (unpaired) electrons. The molecule has 4 heteroatoms. The van der Waals surface area contributed by atoms with Crippen molar-refractivity contribution in [3.05, 3.63) is 42.1 Å². The molecule has 1 atom stereocenters. The molecule has 2 heterocycles. The number of carbonyl (C=O) groups excluding carboxylic acids is 1. The summed E-state index contributed by atoms with van der Waals surface area (Å²) in [7, 11) is 0. The number of pyridine rings is 1. The number of carbonyl (C=O) groups is 1. The summed E-state index contributed by atoms with van der Waals surface area (Å²) in [5, 5.41) is 4.20. The Morgan fingerprint density at radius 1 is 1.39 bits per heavy atom. The first-order valence-corrected chi connectivity index (χ1v) is 6.06. The van der Waals surface area contributed by atoms with Crippen LogP contribution in [0.5, 0.6) is 0 Å². The second-order valence-corrected chi connectivity index (χ2v) is 4.34. The number of rotatable bonds is 2. The molecule has 18 heavy (non-hydrogen) atoms. The van der Waals surface area contributed by atoms with Gasteiger partial charge in [0.15, 0.2) is 5.78 Å². The van der Waals surface area contributed by atoms with E-state index in [2.05, 4.69) is 10.3 Å². The average molecular weight is 242 g/mol. The maximum atomic E-state index is 12.3. The Morgan fingerprint density at radius 3 is 3.17 bits per heavy atom. The van der Waals surface area contributed by atoms with Gasteiger partial charge < -0.3 is 10.1 Å². The highest BCUT2D eigenvalue weighted by atomic mass is 16.5. The minimum atomic E-state index is -0.375. The van der Waals surface area contributed by atoms with Gasteiger partial charge in [-0.05, 0) is 12.1 Å². The summed E-state index contributed by atoms with van der Waals surface area (Å²) in [6.07, 6.45) is 1.36. The Bertz CT molecular complexity index is 577. The molecule has 0 amide bonds. The summed E-state index contributed by atoms with van der Waals surface area (Å²) >= 11 is 0. The van der Waals surface area contributed by atoms with Crippen LogP contribution in [0.15, 0.2) is 36.5 Å². The van der Waals surface area contributed by atoms with E-state index < -0.39 is 0 Å². The van der Waals surface area contributed by atoms with E-state index in [1.165, 1.54) is 0 Å². The van der Waals surface area contributed by atoms with Crippen molar-refractivity contribution in [3.8, 4) is 0 Å². The molecule has 1 aliphatic heterocycles. The number of Topliss-reactive ketones (excluding diaryl/α,β-unsaturated/α-hetero) is 1. The van der Waals surface area contributed by atoms with E-state index in [1.807, 2.05) is 30.3 Å². The van der Waals surface area contributed by atoms with Gasteiger partial charge in [0.05, 0.1) is 12.1 Å². The van der Waals surface area contributed by atoms with E-state index in [-0.39, 0.29) is 11.9 Å². The van der Waals surface area contributed by atoms with E-state index in [1.54, 1.807) is 6.20 Å². The van der Waals surface area contributed by atoms with Crippen LogP contribution < -0.4 is 5.32 Å². The van der Waals surface area contributed by atoms with Gasteiger partial charge in [-0.3, -0.25) is 9.78 Å². The highest BCUT2D eigenvalue weighted by Gasteiger charge is 2.23. The lowest BCUT2D eigenvalue weighted by Gasteiger charge is -2.22. The normalized spacial score (nSPS) is 19.9. The van der Waals surface area contributed by atoms with E-state index in [0.29, 0.717) is 18.7 Å². The second-order valence-electron chi connectivity index (χ2n) is 4.34. The van der Waals surface area contributed by atoms with Crippen molar-refractivity contribution in [1.29, 1.82) is 0 Å². The van der Waals surface area contributed by atoms with Gasteiger partial charge in [-0.15, -0.1) is 0 Å². The first kappa shape index (κ1) is 11.3. The molecule has 1 aliphatic rings. The van der Waals surface area contributed by atoms with Gasteiger partial charge in [0, 0.05) is 30.2 Å². The number of ketones is 1. The number of hydrogen-bond donors (Lipinski definition) is 1. The predicted molar refractivity (Wildman–Crippen MR) is 68.7 cm³/mol. The second kappa shape index (κ2) is 4.84. The van der Waals surface area contributed by atoms with Crippen LogP contribution in [0.1, 0.15) is 10.4 Å². The summed E-state index contributed by atoms with van der Waals surface area (Å²) in [6.45, 7) is 1.98. The number of fused-ring (bicyclic) bond motifs is 1. The Kier molecular flexibility index (Phi) is 3.04. The van der Waals surface area contributed by atoms with Crippen LogP contribution in [-0.4, -0.2) is 36.6 Å². The average Bonchev–Trinajstić information content (AvgIpc) is 2.47. The summed E-state index contributed by atoms with van der Waals surface area (Å²) in [5.41, 5.74) is 1.50. The maximum absolute atomic E-state index is 12.3. The number of ether oxygens (including phenoxy) is 1. The molecule has 0 saturated carbocycles. The fourth-order valence-electron chi connectivity index (χ4n) is 2.14. The van der Waals surface area contributed by atoms with Gasteiger partial charge in [-0.2, -0.15) is 0 Å². The molecule has 1 saturated heterocycles. The summed E-state index contributed by atoms with van der Waals surface area (Å²) < 4.78 is 5.47. The fraction of sp³-hybridized carbons (Fsp3) is 0.286. The molecule has 0 spiro atoms. The van der Waals surface area contributed by atoms with Gasteiger partial charge in [-0.25, -0.2) is 0 Å². The van der Waals surface area contributed by atoms with Crippen LogP contribution in [0.25, 0.3) is 10.9 Å². The standard InChI is InChI=1S/C14H14N2O2/c17-14(13-9-15-6-7-18-13)11-4-3-10-2-1-5-16-12(10)8-11/h1-5,8,13,15H,6-7,9H2. The first-order chi connectivity index (χ1) is 8.84. The van der Waals surface area contributed by atoms with Crippen LogP contribution in [0.2, 0.25) is 0 Å². The van der Waals surface area contributed by atoms with Crippen molar-refractivity contribution in [2.75, 3.05) is 19.7 Å². The quantitative estimate of drug-likeness (QED) is 0.809. The first-order valence-electron chi connectivity index (χ1n) is 6.06. The zero-order chi connectivity index (χ0) is 12.4.